The Morgan fingerprint density at radius 1 is 1.00 bits per heavy atom. The van der Waals surface area contributed by atoms with Gasteiger partial charge in [-0.3, -0.25) is 19.8 Å². The Balaban J connectivity index is 1.71. The fourth-order valence-electron chi connectivity index (χ4n) is 3.12. The van der Waals surface area contributed by atoms with Crippen molar-refractivity contribution < 1.29 is 14.3 Å². The number of ether oxygens (including phenoxy) is 1. The Kier molecular flexibility index (Phi) is 5.39. The zero-order valence-electron chi connectivity index (χ0n) is 15.8. The number of nitrogens with one attached hydrogen (secondary N) is 1. The number of thiocarbonyl (C=S) groups is 1. The molecule has 3 aromatic rings. The van der Waals surface area contributed by atoms with Gasteiger partial charge in [0.2, 0.25) is 0 Å². The average molecular weight is 438 g/mol. The number of aromatic nitrogens is 1. The number of carbonyl (C=O) groups is 2. The first-order valence-electron chi connectivity index (χ1n) is 8.97. The van der Waals surface area contributed by atoms with E-state index in [1.807, 2.05) is 35.0 Å². The third-order valence-corrected chi connectivity index (χ3v) is 5.15. The predicted molar refractivity (Wildman–Crippen MR) is 120 cm³/mol. The summed E-state index contributed by atoms with van der Waals surface area (Å²) in [4.78, 5) is 27.0. The smallest absolute Gasteiger partial charge is 0.270 e. The number of anilines is 1. The molecule has 6 nitrogen and oxygen atoms in total. The van der Waals surface area contributed by atoms with Crippen molar-refractivity contribution in [3.63, 3.8) is 0 Å². The first-order valence-corrected chi connectivity index (χ1v) is 9.75. The number of hydrogen-bond donors (Lipinski definition) is 1. The molecule has 2 heterocycles. The summed E-state index contributed by atoms with van der Waals surface area (Å²) in [6.45, 7) is 0. The molecule has 1 saturated heterocycles. The van der Waals surface area contributed by atoms with Crippen LogP contribution in [0.2, 0.25) is 5.02 Å². The molecule has 1 fully saturated rings. The summed E-state index contributed by atoms with van der Waals surface area (Å²) in [5, 5.41) is 3.24. The standard InChI is InChI=1S/C22H16ClN3O3S/c1-29-18-10-8-16(9-11-18)26-21(28)19(20(27)24-22(26)30)13-17-3-2-12-25(17)15-6-4-14(23)5-7-15/h2-13H,1H3,(H,24,27,30). The third kappa shape index (κ3) is 3.72. The maximum atomic E-state index is 13.2. The summed E-state index contributed by atoms with van der Waals surface area (Å²) in [6.07, 6.45) is 3.39. The van der Waals surface area contributed by atoms with E-state index in [-0.39, 0.29) is 10.7 Å². The second-order valence-corrected chi connectivity index (χ2v) is 7.26. The van der Waals surface area contributed by atoms with E-state index in [1.165, 1.54) is 4.90 Å². The van der Waals surface area contributed by atoms with Crippen molar-refractivity contribution in [1.82, 2.24) is 9.88 Å². The fourth-order valence-corrected chi connectivity index (χ4v) is 3.53. The number of benzene rings is 2. The fraction of sp³-hybridized carbons (Fsp3) is 0.0455. The van der Waals surface area contributed by atoms with Gasteiger partial charge in [-0.1, -0.05) is 11.6 Å². The van der Waals surface area contributed by atoms with Crippen LogP contribution in [-0.2, 0) is 9.59 Å². The quantitative estimate of drug-likeness (QED) is 0.381. The van der Waals surface area contributed by atoms with Crippen molar-refractivity contribution in [2.45, 2.75) is 0 Å². The lowest BCUT2D eigenvalue weighted by Gasteiger charge is -2.29. The highest BCUT2D eigenvalue weighted by atomic mass is 35.5. The maximum Gasteiger partial charge on any atom is 0.270 e. The van der Waals surface area contributed by atoms with E-state index in [9.17, 15) is 9.59 Å². The van der Waals surface area contributed by atoms with Crippen molar-refractivity contribution in [2.24, 2.45) is 0 Å². The lowest BCUT2D eigenvalue weighted by molar-refractivity contribution is -0.122. The molecule has 0 saturated carbocycles. The van der Waals surface area contributed by atoms with E-state index in [2.05, 4.69) is 5.32 Å². The zero-order valence-corrected chi connectivity index (χ0v) is 17.4. The molecule has 30 heavy (non-hydrogen) atoms. The molecule has 0 bridgehead atoms. The van der Waals surface area contributed by atoms with Gasteiger partial charge in [-0.25, -0.2) is 0 Å². The molecule has 1 aliphatic heterocycles. The largest absolute Gasteiger partial charge is 0.497 e. The van der Waals surface area contributed by atoms with Crippen molar-refractivity contribution >= 4 is 52.5 Å². The molecule has 0 radical (unpaired) electrons. The number of hydrogen-bond acceptors (Lipinski definition) is 4. The SMILES string of the molecule is COc1ccc(N2C(=O)C(=Cc3cccn3-c3ccc(Cl)cc3)C(=O)NC2=S)cc1. The molecule has 1 aliphatic rings. The minimum Gasteiger partial charge on any atom is -0.497 e. The molecule has 2 amide bonds. The van der Waals surface area contributed by atoms with Gasteiger partial charge in [0.25, 0.3) is 11.8 Å². The van der Waals surface area contributed by atoms with Crippen LogP contribution in [0.5, 0.6) is 5.75 Å². The Bertz CT molecular complexity index is 1170. The maximum absolute atomic E-state index is 13.2. The zero-order chi connectivity index (χ0) is 21.3. The van der Waals surface area contributed by atoms with Gasteiger partial charge in [-0.2, -0.15) is 0 Å². The summed E-state index contributed by atoms with van der Waals surface area (Å²) in [5.74, 6) is -0.397. The van der Waals surface area contributed by atoms with Crippen molar-refractivity contribution in [3.8, 4) is 11.4 Å². The minimum absolute atomic E-state index is 0.0201. The molecule has 4 rings (SSSR count). The second-order valence-electron chi connectivity index (χ2n) is 6.44. The van der Waals surface area contributed by atoms with E-state index < -0.39 is 11.8 Å². The molecule has 2 aromatic carbocycles. The van der Waals surface area contributed by atoms with E-state index in [0.29, 0.717) is 22.2 Å². The summed E-state index contributed by atoms with van der Waals surface area (Å²) in [5.41, 5.74) is 2.03. The van der Waals surface area contributed by atoms with Gasteiger partial charge < -0.3 is 9.30 Å². The number of carbonyl (C=O) groups excluding carboxylic acids is 2. The van der Waals surface area contributed by atoms with Gasteiger partial charge in [0.05, 0.1) is 12.8 Å². The monoisotopic (exact) mass is 437 g/mol. The minimum atomic E-state index is -0.543. The van der Waals surface area contributed by atoms with Crippen LogP contribution in [-0.4, -0.2) is 28.6 Å². The molecule has 1 aromatic heterocycles. The second kappa shape index (κ2) is 8.14. The van der Waals surface area contributed by atoms with E-state index >= 15 is 0 Å². The van der Waals surface area contributed by atoms with Crippen LogP contribution < -0.4 is 15.0 Å². The Labute approximate surface area is 183 Å². The topological polar surface area (TPSA) is 63.6 Å². The van der Waals surface area contributed by atoms with Gasteiger partial charge in [-0.05, 0) is 79.0 Å². The van der Waals surface area contributed by atoms with Crippen molar-refractivity contribution in [3.05, 3.63) is 83.2 Å². The number of rotatable bonds is 4. The number of amides is 2. The summed E-state index contributed by atoms with van der Waals surface area (Å²) >= 11 is 11.2. The van der Waals surface area contributed by atoms with Gasteiger partial charge >= 0.3 is 0 Å². The first kappa shape index (κ1) is 19.9. The number of nitrogens with zero attached hydrogens (tertiary/aromatic N) is 2. The molecule has 8 heteroatoms. The molecular formula is C22H16ClN3O3S. The Morgan fingerprint density at radius 2 is 1.67 bits per heavy atom. The first-order chi connectivity index (χ1) is 14.5. The molecule has 0 unspecified atom stereocenters. The molecule has 0 spiro atoms. The highest BCUT2D eigenvalue weighted by molar-refractivity contribution is 7.80. The molecular weight excluding hydrogens is 422 g/mol. The van der Waals surface area contributed by atoms with Crippen molar-refractivity contribution in [1.29, 1.82) is 0 Å². The summed E-state index contributed by atoms with van der Waals surface area (Å²) < 4.78 is 7.01. The normalized spacial score (nSPS) is 15.5. The van der Waals surface area contributed by atoms with Crippen molar-refractivity contribution in [2.75, 3.05) is 12.0 Å². The lowest BCUT2D eigenvalue weighted by atomic mass is 10.1. The highest BCUT2D eigenvalue weighted by Gasteiger charge is 2.34. The molecule has 1 N–H and O–H groups in total. The van der Waals surface area contributed by atoms with Gasteiger partial charge in [0.1, 0.15) is 11.3 Å². The molecule has 0 atom stereocenters. The third-order valence-electron chi connectivity index (χ3n) is 4.61. The van der Waals surface area contributed by atoms with Crippen LogP contribution in [0.25, 0.3) is 11.8 Å². The van der Waals surface area contributed by atoms with Crippen LogP contribution >= 0.6 is 23.8 Å². The predicted octanol–water partition coefficient (Wildman–Crippen LogP) is 3.97. The van der Waals surface area contributed by atoms with Crippen LogP contribution in [0, 0.1) is 0 Å². The van der Waals surface area contributed by atoms with Crippen LogP contribution in [0.15, 0.2) is 72.4 Å². The van der Waals surface area contributed by atoms with Gasteiger partial charge in [0, 0.05) is 22.6 Å². The van der Waals surface area contributed by atoms with E-state index in [0.717, 1.165) is 5.69 Å². The van der Waals surface area contributed by atoms with Crippen LogP contribution in [0.3, 0.4) is 0 Å². The summed E-state index contributed by atoms with van der Waals surface area (Å²) in [7, 11) is 1.56. The molecule has 0 aliphatic carbocycles. The van der Waals surface area contributed by atoms with Crippen LogP contribution in [0.1, 0.15) is 5.69 Å². The van der Waals surface area contributed by atoms with E-state index in [4.69, 9.17) is 28.6 Å². The van der Waals surface area contributed by atoms with Gasteiger partial charge in [0.15, 0.2) is 5.11 Å². The Hall–Kier alpha value is -3.42. The lowest BCUT2D eigenvalue weighted by Crippen LogP contribution is -2.54. The van der Waals surface area contributed by atoms with Gasteiger partial charge in [-0.15, -0.1) is 0 Å². The highest BCUT2D eigenvalue weighted by Crippen LogP contribution is 2.25. The summed E-state index contributed by atoms with van der Waals surface area (Å²) in [6, 6.07) is 17.7. The van der Waals surface area contributed by atoms with E-state index in [1.54, 1.807) is 49.6 Å². The number of methoxy groups -OCH3 is 1. The average Bonchev–Trinajstić information content (AvgIpc) is 3.20. The van der Waals surface area contributed by atoms with Crippen LogP contribution in [0.4, 0.5) is 5.69 Å². The Morgan fingerprint density at radius 3 is 2.33 bits per heavy atom. The molecule has 150 valence electrons. The number of halogens is 1.